The highest BCUT2D eigenvalue weighted by atomic mass is 79.9. The predicted molar refractivity (Wildman–Crippen MR) is 120 cm³/mol. The molecule has 0 N–H and O–H groups in total. The van der Waals surface area contributed by atoms with Crippen LogP contribution < -0.4 is 4.90 Å². The number of halogens is 1. The van der Waals surface area contributed by atoms with E-state index in [0.717, 1.165) is 26.8 Å². The smallest absolute Gasteiger partial charge is 0.375 e. The van der Waals surface area contributed by atoms with Crippen LogP contribution in [-0.4, -0.2) is 25.4 Å². The van der Waals surface area contributed by atoms with Crippen molar-refractivity contribution in [2.75, 3.05) is 18.6 Å². The number of benzene rings is 2. The average Bonchev–Trinajstić information content (AvgIpc) is 3.14. The molecule has 2 aromatic carbocycles. The van der Waals surface area contributed by atoms with Gasteiger partial charge in [0.15, 0.2) is 12.4 Å². The molecular formula is C24H22BrNO4. The number of para-hydroxylation sites is 1. The largest absolute Gasteiger partial charge is 0.451 e. The van der Waals surface area contributed by atoms with Gasteiger partial charge < -0.3 is 14.1 Å². The number of hydrogen-bond acceptors (Lipinski definition) is 5. The van der Waals surface area contributed by atoms with Crippen molar-refractivity contribution in [1.29, 1.82) is 0 Å². The fourth-order valence-electron chi connectivity index (χ4n) is 4.04. The van der Waals surface area contributed by atoms with Gasteiger partial charge in [0.25, 0.3) is 0 Å². The molecule has 5 nitrogen and oxygen atoms in total. The summed E-state index contributed by atoms with van der Waals surface area (Å²) in [5.74, 6) is -0.800. The van der Waals surface area contributed by atoms with E-state index in [1.165, 1.54) is 0 Å². The second-order valence-corrected chi connectivity index (χ2v) is 8.89. The molecule has 1 aromatic heterocycles. The Hall–Kier alpha value is -2.86. The molecule has 30 heavy (non-hydrogen) atoms. The van der Waals surface area contributed by atoms with Gasteiger partial charge >= 0.3 is 5.97 Å². The van der Waals surface area contributed by atoms with Gasteiger partial charge in [-0.05, 0) is 36.8 Å². The highest BCUT2D eigenvalue weighted by Gasteiger charge is 2.38. The first-order valence-corrected chi connectivity index (χ1v) is 10.4. The van der Waals surface area contributed by atoms with Gasteiger partial charge in [-0.3, -0.25) is 4.79 Å². The number of carbonyl (C=O) groups excluding carboxylic acids is 2. The van der Waals surface area contributed by atoms with Crippen molar-refractivity contribution in [1.82, 2.24) is 0 Å². The molecule has 0 bridgehead atoms. The van der Waals surface area contributed by atoms with Crippen LogP contribution in [0.1, 0.15) is 35.5 Å². The Labute approximate surface area is 183 Å². The third-order valence-electron chi connectivity index (χ3n) is 5.67. The van der Waals surface area contributed by atoms with Crippen LogP contribution in [-0.2, 0) is 14.9 Å². The van der Waals surface area contributed by atoms with E-state index in [1.807, 2.05) is 42.3 Å². The number of hydrogen-bond donors (Lipinski definition) is 0. The molecule has 1 aliphatic rings. The lowest BCUT2D eigenvalue weighted by Gasteiger charge is -2.23. The molecule has 4 rings (SSSR count). The number of carbonyl (C=O) groups is 2. The first-order chi connectivity index (χ1) is 14.2. The van der Waals surface area contributed by atoms with Crippen LogP contribution >= 0.6 is 15.9 Å². The third-order valence-corrected chi connectivity index (χ3v) is 6.16. The number of nitrogens with zero attached hydrogens (tertiary/aromatic N) is 1. The number of rotatable bonds is 4. The maximum absolute atomic E-state index is 12.6. The van der Waals surface area contributed by atoms with E-state index >= 15 is 0 Å². The third kappa shape index (κ3) is 3.35. The molecule has 1 aliphatic heterocycles. The Bertz CT molecular complexity index is 1210. The summed E-state index contributed by atoms with van der Waals surface area (Å²) >= 11 is 3.42. The van der Waals surface area contributed by atoms with E-state index in [4.69, 9.17) is 9.15 Å². The Morgan fingerprint density at radius 2 is 1.93 bits per heavy atom. The number of ketones is 1. The highest BCUT2D eigenvalue weighted by Crippen LogP contribution is 2.46. The molecule has 0 atom stereocenters. The molecule has 6 heteroatoms. The second-order valence-electron chi connectivity index (χ2n) is 7.97. The fourth-order valence-corrected chi connectivity index (χ4v) is 4.40. The lowest BCUT2D eigenvalue weighted by atomic mass is 9.83. The van der Waals surface area contributed by atoms with Crippen molar-refractivity contribution >= 4 is 44.3 Å². The van der Waals surface area contributed by atoms with Crippen molar-refractivity contribution in [3.8, 4) is 0 Å². The minimum atomic E-state index is -0.645. The number of esters is 1. The van der Waals surface area contributed by atoms with Crippen molar-refractivity contribution < 1.29 is 18.7 Å². The van der Waals surface area contributed by atoms with E-state index < -0.39 is 5.97 Å². The van der Waals surface area contributed by atoms with Gasteiger partial charge in [0, 0.05) is 45.3 Å². The molecule has 0 radical (unpaired) electrons. The van der Waals surface area contributed by atoms with Crippen LogP contribution in [0.5, 0.6) is 0 Å². The average molecular weight is 468 g/mol. The number of furan rings is 1. The first kappa shape index (κ1) is 20.4. The summed E-state index contributed by atoms with van der Waals surface area (Å²) in [4.78, 5) is 27.1. The number of allylic oxidation sites excluding steroid dienone is 1. The highest BCUT2D eigenvalue weighted by molar-refractivity contribution is 9.10. The maximum Gasteiger partial charge on any atom is 0.375 e. The zero-order valence-electron chi connectivity index (χ0n) is 17.3. The summed E-state index contributed by atoms with van der Waals surface area (Å²) in [6.07, 6.45) is 1.57. The molecule has 0 spiro atoms. The summed E-state index contributed by atoms with van der Waals surface area (Å²) in [7, 11) is 1.94. The van der Waals surface area contributed by atoms with Gasteiger partial charge in [-0.2, -0.15) is 0 Å². The number of ether oxygens (including phenoxy) is 1. The molecule has 154 valence electrons. The number of aryl methyl sites for hydroxylation is 1. The lowest BCUT2D eigenvalue weighted by molar-refractivity contribution is -0.117. The molecule has 0 fully saturated rings. The van der Waals surface area contributed by atoms with Crippen molar-refractivity contribution in [2.45, 2.75) is 26.2 Å². The lowest BCUT2D eigenvalue weighted by Crippen LogP contribution is -2.25. The van der Waals surface area contributed by atoms with E-state index in [-0.39, 0.29) is 23.6 Å². The van der Waals surface area contributed by atoms with Crippen LogP contribution in [0, 0.1) is 6.92 Å². The minimum Gasteiger partial charge on any atom is -0.451 e. The monoisotopic (exact) mass is 467 g/mol. The van der Waals surface area contributed by atoms with Crippen LogP contribution in [0.2, 0.25) is 0 Å². The molecule has 0 unspecified atom stereocenters. The summed E-state index contributed by atoms with van der Waals surface area (Å²) < 4.78 is 11.8. The zero-order chi connectivity index (χ0) is 21.6. The van der Waals surface area contributed by atoms with Gasteiger partial charge in [0.2, 0.25) is 5.76 Å². The Morgan fingerprint density at radius 3 is 2.67 bits per heavy atom. The van der Waals surface area contributed by atoms with E-state index in [1.54, 1.807) is 19.1 Å². The van der Waals surface area contributed by atoms with E-state index in [9.17, 15) is 9.59 Å². The molecule has 0 amide bonds. The molecule has 0 aliphatic carbocycles. The van der Waals surface area contributed by atoms with Crippen LogP contribution in [0.25, 0.3) is 11.0 Å². The SMILES string of the molecule is Cc1c(C(=O)OCC(=O)C=C2N(C)c3ccccc3C2(C)C)oc2ccc(Br)cc12. The topological polar surface area (TPSA) is 59.8 Å². The van der Waals surface area contributed by atoms with Crippen LogP contribution in [0.3, 0.4) is 0 Å². The van der Waals surface area contributed by atoms with Gasteiger partial charge in [-0.25, -0.2) is 4.79 Å². The standard InChI is InChI=1S/C24H22BrNO4/c1-14-17-11-15(25)9-10-20(17)30-22(14)23(28)29-13-16(27)12-21-24(2,3)18-7-5-6-8-19(18)26(21)4/h5-12H,13H2,1-4H3. The van der Waals surface area contributed by atoms with Gasteiger partial charge in [0.1, 0.15) is 5.58 Å². The molecule has 3 aromatic rings. The summed E-state index contributed by atoms with van der Waals surface area (Å²) in [5.41, 5.74) is 4.08. The Morgan fingerprint density at radius 1 is 1.20 bits per heavy atom. The van der Waals surface area contributed by atoms with Gasteiger partial charge in [-0.15, -0.1) is 0 Å². The van der Waals surface area contributed by atoms with Crippen molar-refractivity contribution in [2.24, 2.45) is 0 Å². The molecule has 0 saturated heterocycles. The molecular weight excluding hydrogens is 446 g/mol. The predicted octanol–water partition coefficient (Wildman–Crippen LogP) is 5.54. The van der Waals surface area contributed by atoms with Gasteiger partial charge in [-0.1, -0.05) is 48.0 Å². The second kappa shape index (κ2) is 7.43. The summed E-state index contributed by atoms with van der Waals surface area (Å²) in [6.45, 7) is 5.61. The number of anilines is 1. The normalized spacial score (nSPS) is 16.2. The van der Waals surface area contributed by atoms with Crippen LogP contribution in [0.15, 0.2) is 63.1 Å². The summed E-state index contributed by atoms with van der Waals surface area (Å²) in [5, 5.41) is 0.830. The van der Waals surface area contributed by atoms with E-state index in [2.05, 4.69) is 35.8 Å². The Kier molecular flexibility index (Phi) is 5.06. The first-order valence-electron chi connectivity index (χ1n) is 9.64. The van der Waals surface area contributed by atoms with E-state index in [0.29, 0.717) is 11.1 Å². The molecule has 2 heterocycles. The maximum atomic E-state index is 12.6. The number of likely N-dealkylation sites (N-methyl/N-ethyl adjacent to an activating group) is 1. The van der Waals surface area contributed by atoms with Gasteiger partial charge in [0.05, 0.1) is 0 Å². The zero-order valence-corrected chi connectivity index (χ0v) is 18.9. The van der Waals surface area contributed by atoms with Crippen molar-refractivity contribution in [3.05, 3.63) is 75.6 Å². The molecule has 0 saturated carbocycles. The van der Waals surface area contributed by atoms with Crippen LogP contribution in [0.4, 0.5) is 5.69 Å². The quantitative estimate of drug-likeness (QED) is 0.372. The van der Waals surface area contributed by atoms with Crippen molar-refractivity contribution in [3.63, 3.8) is 0 Å². The minimum absolute atomic E-state index is 0.120. The number of fused-ring (bicyclic) bond motifs is 2. The summed E-state index contributed by atoms with van der Waals surface area (Å²) in [6, 6.07) is 13.6. The fraction of sp³-hybridized carbons (Fsp3) is 0.250. The Balaban J connectivity index is 1.50.